The lowest BCUT2D eigenvalue weighted by molar-refractivity contribution is 1.17. The summed E-state index contributed by atoms with van der Waals surface area (Å²) in [5.74, 6) is 0. The van der Waals surface area contributed by atoms with E-state index < -0.39 is 0 Å². The van der Waals surface area contributed by atoms with E-state index >= 15 is 0 Å². The predicted molar refractivity (Wildman–Crippen MR) is 74.6 cm³/mol. The van der Waals surface area contributed by atoms with Gasteiger partial charge in [0.25, 0.3) is 0 Å². The molecule has 3 heteroatoms. The number of aliphatic imine (C=N–C) groups is 1. The molecular formula is C15H17N3. The Morgan fingerprint density at radius 2 is 1.72 bits per heavy atom. The number of benzene rings is 1. The fourth-order valence-corrected chi connectivity index (χ4v) is 2.06. The predicted octanol–water partition coefficient (Wildman–Crippen LogP) is 3.54. The molecule has 1 heterocycles. The van der Waals surface area contributed by atoms with Crippen molar-refractivity contribution in [1.82, 2.24) is 9.97 Å². The molecule has 0 spiro atoms. The highest BCUT2D eigenvalue weighted by Gasteiger charge is 2.05. The largest absolute Gasteiger partial charge is 0.261 e. The lowest BCUT2D eigenvalue weighted by atomic mass is 10.1. The summed E-state index contributed by atoms with van der Waals surface area (Å²) < 4.78 is 0. The van der Waals surface area contributed by atoms with Gasteiger partial charge in [0.15, 0.2) is 0 Å². The van der Waals surface area contributed by atoms with Gasteiger partial charge >= 0.3 is 0 Å². The number of hydrogen-bond donors (Lipinski definition) is 0. The first-order valence-corrected chi connectivity index (χ1v) is 5.97. The SMILES string of the molecule is CC(=Nc1c(C)cc(C)cc1C)c1cnccn1. The van der Waals surface area contributed by atoms with Crippen LogP contribution in [0.4, 0.5) is 5.69 Å². The molecular weight excluding hydrogens is 222 g/mol. The zero-order valence-corrected chi connectivity index (χ0v) is 11.2. The average molecular weight is 239 g/mol. The van der Waals surface area contributed by atoms with Crippen LogP contribution in [0.25, 0.3) is 0 Å². The highest BCUT2D eigenvalue weighted by atomic mass is 14.8. The quantitative estimate of drug-likeness (QED) is 0.752. The standard InChI is InChI=1S/C15H17N3/c1-10-7-11(2)15(12(3)8-10)18-13(4)14-9-16-5-6-17-14/h5-9H,1-4H3. The number of hydrogen-bond acceptors (Lipinski definition) is 3. The Labute approximate surface area is 108 Å². The Balaban J connectivity index is 2.45. The number of nitrogens with zero attached hydrogens (tertiary/aromatic N) is 3. The highest BCUT2D eigenvalue weighted by Crippen LogP contribution is 2.25. The van der Waals surface area contributed by atoms with Crippen molar-refractivity contribution in [2.75, 3.05) is 0 Å². The molecule has 0 aliphatic carbocycles. The van der Waals surface area contributed by atoms with Crippen LogP contribution in [0.15, 0.2) is 35.7 Å². The molecule has 0 radical (unpaired) electrons. The van der Waals surface area contributed by atoms with Gasteiger partial charge in [-0.05, 0) is 38.8 Å². The topological polar surface area (TPSA) is 38.1 Å². The van der Waals surface area contributed by atoms with Gasteiger partial charge in [-0.3, -0.25) is 15.0 Å². The molecule has 0 unspecified atom stereocenters. The summed E-state index contributed by atoms with van der Waals surface area (Å²) in [6.45, 7) is 8.23. The summed E-state index contributed by atoms with van der Waals surface area (Å²) in [6, 6.07) is 4.30. The van der Waals surface area contributed by atoms with Crippen LogP contribution in [0.1, 0.15) is 29.3 Å². The summed E-state index contributed by atoms with van der Waals surface area (Å²) in [7, 11) is 0. The fraction of sp³-hybridized carbons (Fsp3) is 0.267. The molecule has 0 atom stereocenters. The van der Waals surface area contributed by atoms with E-state index in [-0.39, 0.29) is 0 Å². The van der Waals surface area contributed by atoms with Gasteiger partial charge in [-0.15, -0.1) is 0 Å². The van der Waals surface area contributed by atoms with Gasteiger partial charge in [0.2, 0.25) is 0 Å². The van der Waals surface area contributed by atoms with Crippen molar-refractivity contribution in [3.05, 3.63) is 53.1 Å². The zero-order chi connectivity index (χ0) is 13.1. The Kier molecular flexibility index (Phi) is 3.51. The highest BCUT2D eigenvalue weighted by molar-refractivity contribution is 5.98. The van der Waals surface area contributed by atoms with Crippen molar-refractivity contribution in [3.8, 4) is 0 Å². The van der Waals surface area contributed by atoms with Crippen LogP contribution in [0, 0.1) is 20.8 Å². The van der Waals surface area contributed by atoms with E-state index in [4.69, 9.17) is 0 Å². The van der Waals surface area contributed by atoms with E-state index in [0.717, 1.165) is 17.1 Å². The minimum Gasteiger partial charge on any atom is -0.261 e. The van der Waals surface area contributed by atoms with Crippen molar-refractivity contribution < 1.29 is 0 Å². The van der Waals surface area contributed by atoms with E-state index in [0.29, 0.717) is 0 Å². The second kappa shape index (κ2) is 5.08. The molecule has 0 saturated heterocycles. The van der Waals surface area contributed by atoms with Crippen molar-refractivity contribution in [1.29, 1.82) is 0 Å². The van der Waals surface area contributed by atoms with Crippen LogP contribution in [0.3, 0.4) is 0 Å². The first kappa shape index (κ1) is 12.4. The monoisotopic (exact) mass is 239 g/mol. The van der Waals surface area contributed by atoms with Crippen molar-refractivity contribution in [3.63, 3.8) is 0 Å². The summed E-state index contributed by atoms with van der Waals surface area (Å²) >= 11 is 0. The Bertz CT molecular complexity index is 563. The third-order valence-corrected chi connectivity index (χ3v) is 2.85. The maximum Gasteiger partial charge on any atom is 0.102 e. The van der Waals surface area contributed by atoms with Crippen LogP contribution >= 0.6 is 0 Å². The van der Waals surface area contributed by atoms with Crippen LogP contribution in [-0.2, 0) is 0 Å². The normalized spacial score (nSPS) is 11.7. The first-order valence-electron chi connectivity index (χ1n) is 5.97. The van der Waals surface area contributed by atoms with E-state index in [1.54, 1.807) is 18.6 Å². The molecule has 3 nitrogen and oxygen atoms in total. The fourth-order valence-electron chi connectivity index (χ4n) is 2.06. The smallest absolute Gasteiger partial charge is 0.102 e. The van der Waals surface area contributed by atoms with Gasteiger partial charge < -0.3 is 0 Å². The molecule has 2 rings (SSSR count). The lowest BCUT2D eigenvalue weighted by Gasteiger charge is -2.08. The lowest BCUT2D eigenvalue weighted by Crippen LogP contribution is -1.99. The maximum atomic E-state index is 4.68. The molecule has 0 bridgehead atoms. The van der Waals surface area contributed by atoms with Crippen molar-refractivity contribution in [2.24, 2.45) is 4.99 Å². The molecule has 18 heavy (non-hydrogen) atoms. The van der Waals surface area contributed by atoms with Gasteiger partial charge in [-0.25, -0.2) is 0 Å². The number of aryl methyl sites for hydroxylation is 3. The summed E-state index contributed by atoms with van der Waals surface area (Å²) in [5, 5.41) is 0. The van der Waals surface area contributed by atoms with Gasteiger partial charge in [0.1, 0.15) is 5.69 Å². The first-order chi connectivity index (χ1) is 8.58. The molecule has 0 aliphatic heterocycles. The van der Waals surface area contributed by atoms with Gasteiger partial charge in [-0.1, -0.05) is 17.7 Å². The van der Waals surface area contributed by atoms with Crippen molar-refractivity contribution in [2.45, 2.75) is 27.7 Å². The molecule has 0 fully saturated rings. The Morgan fingerprint density at radius 1 is 1.06 bits per heavy atom. The zero-order valence-electron chi connectivity index (χ0n) is 11.2. The number of rotatable bonds is 2. The molecule has 0 amide bonds. The number of aromatic nitrogens is 2. The van der Waals surface area contributed by atoms with Gasteiger partial charge in [0, 0.05) is 12.4 Å². The second-order valence-corrected chi connectivity index (χ2v) is 4.54. The Hall–Kier alpha value is -2.03. The molecule has 92 valence electrons. The second-order valence-electron chi connectivity index (χ2n) is 4.54. The van der Waals surface area contributed by atoms with Crippen LogP contribution in [0.5, 0.6) is 0 Å². The molecule has 1 aromatic heterocycles. The van der Waals surface area contributed by atoms with Crippen LogP contribution < -0.4 is 0 Å². The van der Waals surface area contributed by atoms with Crippen LogP contribution in [0.2, 0.25) is 0 Å². The van der Waals surface area contributed by atoms with Crippen LogP contribution in [-0.4, -0.2) is 15.7 Å². The molecule has 0 N–H and O–H groups in total. The Morgan fingerprint density at radius 3 is 2.28 bits per heavy atom. The maximum absolute atomic E-state index is 4.68. The minimum absolute atomic E-state index is 0.817. The molecule has 0 saturated carbocycles. The van der Waals surface area contributed by atoms with E-state index in [1.807, 2.05) is 6.92 Å². The van der Waals surface area contributed by atoms with E-state index in [9.17, 15) is 0 Å². The summed E-state index contributed by atoms with van der Waals surface area (Å²) in [4.78, 5) is 13.0. The van der Waals surface area contributed by atoms with Gasteiger partial charge in [-0.2, -0.15) is 0 Å². The minimum atomic E-state index is 0.817. The average Bonchev–Trinajstić information content (AvgIpc) is 2.34. The molecule has 1 aromatic carbocycles. The summed E-state index contributed by atoms with van der Waals surface area (Å²) in [5.41, 5.74) is 6.38. The van der Waals surface area contributed by atoms with Crippen molar-refractivity contribution >= 4 is 11.4 Å². The third kappa shape index (κ3) is 2.62. The molecule has 2 aromatic rings. The van der Waals surface area contributed by atoms with E-state index in [1.165, 1.54) is 16.7 Å². The summed E-state index contributed by atoms with van der Waals surface area (Å²) in [6.07, 6.45) is 5.08. The van der Waals surface area contributed by atoms with Gasteiger partial charge in [0.05, 0.1) is 17.6 Å². The molecule has 0 aliphatic rings. The third-order valence-electron chi connectivity index (χ3n) is 2.85. The van der Waals surface area contributed by atoms with E-state index in [2.05, 4.69) is 47.9 Å².